The molecule has 1 aliphatic rings. The molecule has 3 aromatic heterocycles. The van der Waals surface area contributed by atoms with Gasteiger partial charge in [0.25, 0.3) is 10.0 Å². The lowest BCUT2D eigenvalue weighted by Gasteiger charge is -2.26. The Balaban J connectivity index is 1.43. The van der Waals surface area contributed by atoms with E-state index in [1.54, 1.807) is 31.3 Å². The van der Waals surface area contributed by atoms with Crippen molar-refractivity contribution in [1.82, 2.24) is 44.4 Å². The molecule has 0 bridgehead atoms. The summed E-state index contributed by atoms with van der Waals surface area (Å²) in [5.74, 6) is -0.337. The molecule has 0 aliphatic carbocycles. The summed E-state index contributed by atoms with van der Waals surface area (Å²) in [6.45, 7) is 5.81. The number of amides is 3. The van der Waals surface area contributed by atoms with Gasteiger partial charge in [-0.15, -0.1) is 0 Å². The topological polar surface area (TPSA) is 173 Å². The largest absolute Gasteiger partial charge is 0.354 e. The van der Waals surface area contributed by atoms with Crippen molar-refractivity contribution in [2.45, 2.75) is 70.1 Å². The van der Waals surface area contributed by atoms with E-state index in [0.29, 0.717) is 23.7 Å². The molecule has 0 fully saturated rings. The monoisotopic (exact) mass is 663 g/mol. The first-order valence-corrected chi connectivity index (χ1v) is 17.2. The number of sulfonamides is 1. The Kier molecular flexibility index (Phi) is 10.7. The number of rotatable bonds is 5. The number of nitrogens with zero attached hydrogens (tertiary/aromatic N) is 6. The molecule has 47 heavy (non-hydrogen) atoms. The molecular formula is C32H41N9O5S. The average molecular weight is 664 g/mol. The van der Waals surface area contributed by atoms with Gasteiger partial charge in [0.15, 0.2) is 10.9 Å². The van der Waals surface area contributed by atoms with E-state index in [9.17, 15) is 22.8 Å². The van der Waals surface area contributed by atoms with E-state index < -0.39 is 28.0 Å². The third kappa shape index (κ3) is 8.21. The van der Waals surface area contributed by atoms with Crippen molar-refractivity contribution in [1.29, 1.82) is 0 Å². The zero-order valence-electron chi connectivity index (χ0n) is 26.8. The molecule has 0 saturated heterocycles. The highest BCUT2D eigenvalue weighted by Crippen LogP contribution is 2.22. The fourth-order valence-electron chi connectivity index (χ4n) is 5.60. The van der Waals surface area contributed by atoms with Crippen LogP contribution in [0.5, 0.6) is 0 Å². The number of hydrogen-bond donors (Lipinski definition) is 3. The fraction of sp³-hybridized carbons (Fsp3) is 0.438. The van der Waals surface area contributed by atoms with Crippen LogP contribution in [0, 0.1) is 12.8 Å². The first-order valence-electron chi connectivity index (χ1n) is 15.8. The lowest BCUT2D eigenvalue weighted by atomic mass is 10.0. The van der Waals surface area contributed by atoms with Crippen molar-refractivity contribution < 1.29 is 22.8 Å². The van der Waals surface area contributed by atoms with Gasteiger partial charge in [-0.3, -0.25) is 18.8 Å². The Bertz CT molecular complexity index is 1820. The van der Waals surface area contributed by atoms with Crippen LogP contribution in [-0.4, -0.2) is 80.3 Å². The second-order valence-corrected chi connectivity index (χ2v) is 13.8. The molecule has 14 nitrogen and oxygen atoms in total. The molecule has 4 heterocycles. The molecular weight excluding hydrogens is 622 g/mol. The quantitative estimate of drug-likeness (QED) is 0.290. The Hall–Kier alpha value is -4.63. The summed E-state index contributed by atoms with van der Waals surface area (Å²) in [6, 6.07) is 13.1. The number of carbonyl (C=O) groups is 3. The maximum atomic E-state index is 13.9. The molecule has 0 spiro atoms. The van der Waals surface area contributed by atoms with Gasteiger partial charge in [-0.05, 0) is 43.4 Å². The van der Waals surface area contributed by atoms with Crippen LogP contribution in [-0.2, 0) is 37.4 Å². The van der Waals surface area contributed by atoms with Gasteiger partial charge in [-0.2, -0.15) is 9.40 Å². The standard InChI is InChI=1S/C32H41N9O5S/c1-22(2)30-31-35-23(3)38-41(31)21-28(43)33-15-10-17-39(47(45,46)29-20-34-26-13-7-8-18-40(26)29)16-9-14-27(42)36-25(32(44)37-30)19-24-11-5-4-6-12-24/h4-8,11-13,18,20,22,25,30H,9-10,14-17,19,21H2,1-3H3,(H,33,43)(H,36,42)(H,37,44)/t25-,30+/m1/s1. The van der Waals surface area contributed by atoms with Crippen molar-refractivity contribution in [3.05, 3.63) is 78.1 Å². The molecule has 250 valence electrons. The lowest BCUT2D eigenvalue weighted by Crippen LogP contribution is -2.50. The van der Waals surface area contributed by atoms with Crippen LogP contribution in [0.2, 0.25) is 0 Å². The van der Waals surface area contributed by atoms with Crippen molar-refractivity contribution in [2.75, 3.05) is 19.6 Å². The first kappa shape index (κ1) is 33.7. The number of imidazole rings is 1. The van der Waals surface area contributed by atoms with E-state index in [2.05, 4.69) is 31.0 Å². The molecule has 3 amide bonds. The normalized spacial score (nSPS) is 19.8. The van der Waals surface area contributed by atoms with Gasteiger partial charge in [-0.25, -0.2) is 23.1 Å². The summed E-state index contributed by atoms with van der Waals surface area (Å²) in [4.78, 5) is 48.9. The highest BCUT2D eigenvalue weighted by molar-refractivity contribution is 7.89. The van der Waals surface area contributed by atoms with Crippen LogP contribution >= 0.6 is 0 Å². The van der Waals surface area contributed by atoms with E-state index in [1.807, 2.05) is 44.2 Å². The molecule has 15 heteroatoms. The van der Waals surface area contributed by atoms with Gasteiger partial charge in [0.05, 0.1) is 12.2 Å². The molecule has 3 N–H and O–H groups in total. The zero-order chi connectivity index (χ0) is 33.6. The van der Waals surface area contributed by atoms with Crippen LogP contribution in [0.4, 0.5) is 0 Å². The van der Waals surface area contributed by atoms with Crippen LogP contribution in [0.15, 0.2) is 66.0 Å². The Morgan fingerprint density at radius 3 is 2.47 bits per heavy atom. The second kappa shape index (κ2) is 14.9. The Morgan fingerprint density at radius 2 is 1.70 bits per heavy atom. The molecule has 2 atom stereocenters. The predicted molar refractivity (Wildman–Crippen MR) is 173 cm³/mol. The first-order chi connectivity index (χ1) is 22.5. The number of aromatic nitrogens is 5. The smallest absolute Gasteiger partial charge is 0.260 e. The minimum Gasteiger partial charge on any atom is -0.354 e. The third-order valence-electron chi connectivity index (χ3n) is 7.98. The van der Waals surface area contributed by atoms with Crippen molar-refractivity contribution in [3.8, 4) is 0 Å². The van der Waals surface area contributed by atoms with Crippen molar-refractivity contribution in [3.63, 3.8) is 0 Å². The fourth-order valence-corrected chi connectivity index (χ4v) is 7.19. The maximum absolute atomic E-state index is 13.9. The van der Waals surface area contributed by atoms with E-state index >= 15 is 0 Å². The number of carbonyl (C=O) groups excluding carboxylic acids is 3. The summed E-state index contributed by atoms with van der Waals surface area (Å²) in [6.07, 6.45) is 3.74. The van der Waals surface area contributed by atoms with Gasteiger partial charge in [-0.1, -0.05) is 50.2 Å². The predicted octanol–water partition coefficient (Wildman–Crippen LogP) is 1.77. The SMILES string of the molecule is Cc1nc2n(n1)CC(=O)NCCCN(S(=O)(=O)c1cnc3ccccn13)CCCC(=O)N[C@H](Cc1ccccc1)C(=O)N[C@H]2C(C)C. The van der Waals surface area contributed by atoms with Gasteiger partial charge in [0, 0.05) is 38.7 Å². The third-order valence-corrected chi connectivity index (χ3v) is 9.86. The average Bonchev–Trinajstić information content (AvgIpc) is 3.63. The highest BCUT2D eigenvalue weighted by atomic mass is 32.2. The van der Waals surface area contributed by atoms with Crippen LogP contribution in [0.25, 0.3) is 5.65 Å². The molecule has 0 radical (unpaired) electrons. The van der Waals surface area contributed by atoms with E-state index in [4.69, 9.17) is 0 Å². The van der Waals surface area contributed by atoms with Crippen LogP contribution in [0.3, 0.4) is 0 Å². The second-order valence-electron chi connectivity index (χ2n) is 12.0. The summed E-state index contributed by atoms with van der Waals surface area (Å²) in [7, 11) is -4.01. The number of hydrogen-bond acceptors (Lipinski definition) is 8. The van der Waals surface area contributed by atoms with E-state index in [-0.39, 0.29) is 68.2 Å². The number of fused-ring (bicyclic) bond motifs is 2. The van der Waals surface area contributed by atoms with Gasteiger partial charge in [0.1, 0.15) is 24.1 Å². The number of aryl methyl sites for hydroxylation is 1. The molecule has 5 rings (SSSR count). The van der Waals surface area contributed by atoms with Crippen molar-refractivity contribution in [2.24, 2.45) is 5.92 Å². The minimum absolute atomic E-state index is 0.00436. The summed E-state index contributed by atoms with van der Waals surface area (Å²) >= 11 is 0. The van der Waals surface area contributed by atoms with Gasteiger partial charge >= 0.3 is 0 Å². The lowest BCUT2D eigenvalue weighted by molar-refractivity contribution is -0.129. The summed E-state index contributed by atoms with van der Waals surface area (Å²) < 4.78 is 32.0. The Labute approximate surface area is 274 Å². The molecule has 0 unspecified atom stereocenters. The maximum Gasteiger partial charge on any atom is 0.260 e. The summed E-state index contributed by atoms with van der Waals surface area (Å²) in [5.41, 5.74) is 1.35. The van der Waals surface area contributed by atoms with E-state index in [0.717, 1.165) is 5.56 Å². The van der Waals surface area contributed by atoms with Crippen LogP contribution in [0.1, 0.15) is 56.4 Å². The van der Waals surface area contributed by atoms with Crippen molar-refractivity contribution >= 4 is 33.4 Å². The number of pyridine rings is 1. The zero-order valence-corrected chi connectivity index (χ0v) is 27.6. The molecule has 4 aromatic rings. The van der Waals surface area contributed by atoms with E-state index in [1.165, 1.54) is 19.6 Å². The molecule has 1 aromatic carbocycles. The number of benzene rings is 1. The molecule has 1 aliphatic heterocycles. The molecule has 0 saturated carbocycles. The van der Waals surface area contributed by atoms with Gasteiger partial charge in [0.2, 0.25) is 17.7 Å². The summed E-state index contributed by atoms with van der Waals surface area (Å²) in [5, 5.41) is 13.2. The van der Waals surface area contributed by atoms with Crippen LogP contribution < -0.4 is 16.0 Å². The minimum atomic E-state index is -4.01. The highest BCUT2D eigenvalue weighted by Gasteiger charge is 2.31. The Morgan fingerprint density at radius 1 is 0.957 bits per heavy atom. The number of nitrogens with one attached hydrogen (secondary N) is 3. The van der Waals surface area contributed by atoms with Gasteiger partial charge < -0.3 is 16.0 Å².